The van der Waals surface area contributed by atoms with E-state index in [1.807, 2.05) is 78.9 Å². The summed E-state index contributed by atoms with van der Waals surface area (Å²) >= 11 is 0. The summed E-state index contributed by atoms with van der Waals surface area (Å²) in [7, 11) is 0. The molecule has 0 aromatic heterocycles. The maximum absolute atomic E-state index is 15.0. The van der Waals surface area contributed by atoms with E-state index in [1.54, 1.807) is 19.1 Å². The van der Waals surface area contributed by atoms with Crippen LogP contribution in [0.25, 0.3) is 0 Å². The summed E-state index contributed by atoms with van der Waals surface area (Å²) in [6.07, 6.45) is -1.92. The van der Waals surface area contributed by atoms with E-state index in [-0.39, 0.29) is 18.7 Å². The van der Waals surface area contributed by atoms with Crippen LogP contribution in [-0.4, -0.2) is 29.7 Å². The van der Waals surface area contributed by atoms with Crippen LogP contribution in [0.5, 0.6) is 0 Å². The van der Waals surface area contributed by atoms with Crippen molar-refractivity contribution in [3.8, 4) is 0 Å². The Balaban J connectivity index is 1.46. The number of benzene rings is 5. The van der Waals surface area contributed by atoms with Gasteiger partial charge < -0.3 is 19.6 Å². The second-order valence-corrected chi connectivity index (χ2v) is 11.4. The lowest BCUT2D eigenvalue weighted by Crippen LogP contribution is -2.53. The first kappa shape index (κ1) is 30.7. The fourth-order valence-corrected chi connectivity index (χ4v) is 6.30. The largest absolute Gasteiger partial charge is 0.464 e. The molecule has 0 bridgehead atoms. The number of hydrogen-bond donors (Lipinski definition) is 1. The molecule has 1 amide bonds. The van der Waals surface area contributed by atoms with E-state index in [9.17, 15) is 19.1 Å². The number of carbonyl (C=O) groups is 2. The molecule has 5 aromatic carbocycles. The molecule has 0 unspecified atom stereocenters. The summed E-state index contributed by atoms with van der Waals surface area (Å²) in [5.41, 5.74) is 3.06. The topological polar surface area (TPSA) is 70.1 Å². The van der Waals surface area contributed by atoms with Crippen LogP contribution in [0.4, 0.5) is 15.8 Å². The molecule has 5 aromatic rings. The van der Waals surface area contributed by atoms with Gasteiger partial charge >= 0.3 is 5.97 Å². The summed E-state index contributed by atoms with van der Waals surface area (Å²) in [5.74, 6) is -2.07. The first-order valence-corrected chi connectivity index (χ1v) is 15.4. The van der Waals surface area contributed by atoms with Crippen LogP contribution in [0.2, 0.25) is 0 Å². The molecule has 2 atom stereocenters. The van der Waals surface area contributed by atoms with Crippen molar-refractivity contribution in [1.29, 1.82) is 0 Å². The van der Waals surface area contributed by atoms with Gasteiger partial charge in [0.15, 0.2) is 6.10 Å². The summed E-state index contributed by atoms with van der Waals surface area (Å²) in [6, 6.07) is 41.0. The molecule has 1 heterocycles. The molecule has 6 nitrogen and oxygen atoms in total. The van der Waals surface area contributed by atoms with Gasteiger partial charge in [0.25, 0.3) is 0 Å². The Morgan fingerprint density at radius 2 is 1.35 bits per heavy atom. The Hall–Kier alpha value is -5.27. The van der Waals surface area contributed by atoms with E-state index in [4.69, 9.17) is 4.74 Å². The van der Waals surface area contributed by atoms with Crippen LogP contribution < -0.4 is 9.80 Å². The van der Waals surface area contributed by atoms with E-state index in [0.29, 0.717) is 24.3 Å². The number of amides is 1. The minimum atomic E-state index is -1.93. The summed E-state index contributed by atoms with van der Waals surface area (Å²) in [5, 5.41) is 11.8. The van der Waals surface area contributed by atoms with Crippen molar-refractivity contribution in [1.82, 2.24) is 0 Å². The van der Waals surface area contributed by atoms with E-state index in [0.717, 1.165) is 22.4 Å². The van der Waals surface area contributed by atoms with Crippen molar-refractivity contribution in [2.45, 2.75) is 38.1 Å². The van der Waals surface area contributed by atoms with Gasteiger partial charge in [-0.15, -0.1) is 0 Å². The fraction of sp³-hybridized carbons (Fsp3) is 0.179. The number of anilines is 2. The van der Waals surface area contributed by atoms with Crippen molar-refractivity contribution in [3.05, 3.63) is 167 Å². The van der Waals surface area contributed by atoms with Crippen LogP contribution in [0.3, 0.4) is 0 Å². The van der Waals surface area contributed by atoms with Gasteiger partial charge in [0.05, 0.1) is 13.2 Å². The molecule has 7 heteroatoms. The first-order chi connectivity index (χ1) is 22.4. The number of nitrogens with zero attached hydrogens (tertiary/aromatic N) is 2. The second-order valence-electron chi connectivity index (χ2n) is 11.4. The molecular formula is C39H35FN2O4. The number of rotatable bonds is 11. The van der Waals surface area contributed by atoms with Crippen LogP contribution >= 0.6 is 0 Å². The smallest absolute Gasteiger partial charge is 0.336 e. The molecule has 0 aliphatic carbocycles. The molecule has 6 rings (SSSR count). The monoisotopic (exact) mass is 614 g/mol. The van der Waals surface area contributed by atoms with Crippen molar-refractivity contribution < 1.29 is 23.8 Å². The zero-order chi connectivity index (χ0) is 32.1. The lowest BCUT2D eigenvalue weighted by molar-refractivity contribution is -0.158. The Morgan fingerprint density at radius 1 is 0.804 bits per heavy atom. The Labute approximate surface area is 268 Å². The van der Waals surface area contributed by atoms with Crippen molar-refractivity contribution in [2.75, 3.05) is 16.4 Å². The zero-order valence-corrected chi connectivity index (χ0v) is 25.6. The highest BCUT2D eigenvalue weighted by molar-refractivity contribution is 6.13. The predicted octanol–water partition coefficient (Wildman–Crippen LogP) is 6.79. The summed E-state index contributed by atoms with van der Waals surface area (Å²) < 4.78 is 20.2. The third kappa shape index (κ3) is 5.89. The van der Waals surface area contributed by atoms with Gasteiger partial charge in [-0.1, -0.05) is 103 Å². The summed E-state index contributed by atoms with van der Waals surface area (Å²) in [4.78, 5) is 31.7. The van der Waals surface area contributed by atoms with Gasteiger partial charge in [-0.05, 0) is 59.5 Å². The Kier molecular flexibility index (Phi) is 8.94. The second kappa shape index (κ2) is 13.4. The average Bonchev–Trinajstić information content (AvgIpc) is 3.32. The molecule has 0 spiro atoms. The van der Waals surface area contributed by atoms with Crippen LogP contribution in [-0.2, 0) is 39.4 Å². The number of hydrogen-bond acceptors (Lipinski definition) is 5. The van der Waals surface area contributed by atoms with E-state index < -0.39 is 29.2 Å². The van der Waals surface area contributed by atoms with Gasteiger partial charge in [-0.2, -0.15) is 0 Å². The molecule has 1 aliphatic rings. The van der Waals surface area contributed by atoms with Gasteiger partial charge in [0, 0.05) is 30.0 Å². The minimum absolute atomic E-state index is 0.0107. The zero-order valence-electron chi connectivity index (χ0n) is 25.6. The van der Waals surface area contributed by atoms with E-state index >= 15 is 0 Å². The predicted molar refractivity (Wildman–Crippen MR) is 177 cm³/mol. The van der Waals surface area contributed by atoms with Crippen LogP contribution in [0.15, 0.2) is 133 Å². The normalized spacial score (nSPS) is 16.2. The standard InChI is InChI=1S/C39H35FN2O4/c1-2-46-37(44)36(43)39(34-24-32(40)20-23-35(34)42(38(39)45)27-30-16-10-5-11-17-30)31-18-21-33(22-19-31)41(25-28-12-6-3-7-13-28)26-29-14-8-4-9-15-29/h3-24,36,43H,2,25-27H2,1H3/t36-,39+/m0/s1. The number of carbonyl (C=O) groups excluding carboxylic acids is 2. The van der Waals surface area contributed by atoms with Crippen molar-refractivity contribution in [3.63, 3.8) is 0 Å². The fourth-order valence-electron chi connectivity index (χ4n) is 6.30. The number of aliphatic hydroxyl groups is 1. The first-order valence-electron chi connectivity index (χ1n) is 15.4. The van der Waals surface area contributed by atoms with Gasteiger partial charge in [-0.3, -0.25) is 4.79 Å². The molecule has 232 valence electrons. The molecule has 0 fully saturated rings. The average molecular weight is 615 g/mol. The molecule has 46 heavy (non-hydrogen) atoms. The highest BCUT2D eigenvalue weighted by atomic mass is 19.1. The number of esters is 1. The number of halogens is 1. The molecule has 0 radical (unpaired) electrons. The maximum Gasteiger partial charge on any atom is 0.336 e. The van der Waals surface area contributed by atoms with Gasteiger partial charge in [0.1, 0.15) is 11.2 Å². The molecular weight excluding hydrogens is 579 g/mol. The third-order valence-corrected chi connectivity index (χ3v) is 8.48. The van der Waals surface area contributed by atoms with E-state index in [2.05, 4.69) is 29.2 Å². The number of ether oxygens (including phenoxy) is 1. The Morgan fingerprint density at radius 3 is 1.89 bits per heavy atom. The SMILES string of the molecule is CCOC(=O)[C@H](O)[C@]1(c2ccc(N(Cc3ccccc3)Cc3ccccc3)cc2)C(=O)N(Cc2ccccc2)c2ccc(F)cc21. The lowest BCUT2D eigenvalue weighted by atomic mass is 9.70. The van der Waals surface area contributed by atoms with Crippen molar-refractivity contribution in [2.24, 2.45) is 0 Å². The van der Waals surface area contributed by atoms with Gasteiger partial charge in [-0.25, -0.2) is 9.18 Å². The number of fused-ring (bicyclic) bond motifs is 1. The molecule has 0 saturated carbocycles. The highest BCUT2D eigenvalue weighted by Crippen LogP contribution is 2.50. The molecule has 1 N–H and O–H groups in total. The molecule has 1 aliphatic heterocycles. The van der Waals surface area contributed by atoms with Crippen molar-refractivity contribution >= 4 is 23.3 Å². The summed E-state index contributed by atoms with van der Waals surface area (Å²) in [6.45, 7) is 3.07. The lowest BCUT2D eigenvalue weighted by Gasteiger charge is -2.33. The van der Waals surface area contributed by atoms with E-state index in [1.165, 1.54) is 23.1 Å². The highest BCUT2D eigenvalue weighted by Gasteiger charge is 2.59. The quantitative estimate of drug-likeness (QED) is 0.166. The molecule has 0 saturated heterocycles. The Bertz CT molecular complexity index is 1760. The van der Waals surface area contributed by atoms with Gasteiger partial charge in [0.2, 0.25) is 5.91 Å². The van der Waals surface area contributed by atoms with Crippen LogP contribution in [0, 0.1) is 5.82 Å². The number of aliphatic hydroxyl groups excluding tert-OH is 1. The third-order valence-electron chi connectivity index (χ3n) is 8.48. The maximum atomic E-state index is 15.0. The van der Waals surface area contributed by atoms with Crippen LogP contribution in [0.1, 0.15) is 34.7 Å². The minimum Gasteiger partial charge on any atom is -0.464 e.